The molecule has 0 radical (unpaired) electrons. The van der Waals surface area contributed by atoms with Crippen molar-refractivity contribution in [3.8, 4) is 0 Å². The highest BCUT2D eigenvalue weighted by Crippen LogP contribution is 2.63. The summed E-state index contributed by atoms with van der Waals surface area (Å²) in [5.41, 5.74) is 0.761. The number of nitrogens with zero attached hydrogens (tertiary/aromatic N) is 2. The van der Waals surface area contributed by atoms with Gasteiger partial charge in [0.1, 0.15) is 17.6 Å². The Hall–Kier alpha value is -2.97. The number of unbranched alkanes of at least 4 members (excludes halogenated alkanes) is 4. The zero-order chi connectivity index (χ0) is 29.8. The Balaban J connectivity index is 1.70. The van der Waals surface area contributed by atoms with E-state index in [0.29, 0.717) is 32.2 Å². The summed E-state index contributed by atoms with van der Waals surface area (Å²) in [5, 5.41) is 9.29. The molecule has 224 valence electrons. The van der Waals surface area contributed by atoms with Crippen molar-refractivity contribution in [2.75, 3.05) is 31.2 Å². The number of rotatable bonds is 15. The second kappa shape index (κ2) is 12.9. The molecule has 1 N–H and O–H groups in total. The van der Waals surface area contributed by atoms with Crippen LogP contribution in [-0.2, 0) is 23.9 Å². The molecule has 2 unspecified atom stereocenters. The van der Waals surface area contributed by atoms with Crippen molar-refractivity contribution in [2.24, 2.45) is 11.8 Å². The number of benzene rings is 1. The summed E-state index contributed by atoms with van der Waals surface area (Å²) >= 11 is 0. The molecule has 3 heterocycles. The zero-order valence-electron chi connectivity index (χ0n) is 24.9. The number of aliphatic hydroxyl groups is 1. The molecule has 2 amide bonds. The summed E-state index contributed by atoms with van der Waals surface area (Å²) in [6.07, 6.45) is 9.04. The lowest BCUT2D eigenvalue weighted by Crippen LogP contribution is -2.56. The highest BCUT2D eigenvalue weighted by molar-refractivity contribution is 6.05. The van der Waals surface area contributed by atoms with E-state index in [0.717, 1.165) is 42.5 Å². The molecule has 3 aliphatic heterocycles. The summed E-state index contributed by atoms with van der Waals surface area (Å²) in [7, 11) is 0. The molecule has 2 bridgehead atoms. The van der Waals surface area contributed by atoms with Gasteiger partial charge in [0, 0.05) is 25.4 Å². The van der Waals surface area contributed by atoms with E-state index in [-0.39, 0.29) is 31.6 Å². The van der Waals surface area contributed by atoms with Crippen LogP contribution in [0.3, 0.4) is 0 Å². The highest BCUT2D eigenvalue weighted by Gasteiger charge is 2.78. The fraction of sp³-hybridized carbons (Fsp3) is 0.606. The SMILES string of the molecule is C=CCCCCOC(=O)[C@H]1[C@H]2C(=O)N(CCCCCO)C(C(=O)N(CC=C)c3cc(C)ccc3C)C23CC[C@]1(C)O3. The number of fused-ring (bicyclic) bond motifs is 1. The zero-order valence-corrected chi connectivity index (χ0v) is 24.9. The van der Waals surface area contributed by atoms with Crippen molar-refractivity contribution in [1.29, 1.82) is 0 Å². The third kappa shape index (κ3) is 5.73. The maximum Gasteiger partial charge on any atom is 0.312 e. The molecule has 41 heavy (non-hydrogen) atoms. The Bertz CT molecular complexity index is 1170. The molecule has 3 aliphatic rings. The predicted octanol–water partition coefficient (Wildman–Crippen LogP) is 4.65. The molecule has 8 nitrogen and oxygen atoms in total. The molecule has 1 spiro atoms. The van der Waals surface area contributed by atoms with Gasteiger partial charge in [-0.05, 0) is 89.3 Å². The lowest BCUT2D eigenvalue weighted by Gasteiger charge is -2.37. The first-order valence-electron chi connectivity index (χ1n) is 15.0. The predicted molar refractivity (Wildman–Crippen MR) is 158 cm³/mol. The number of aryl methyl sites for hydroxylation is 2. The monoisotopic (exact) mass is 566 g/mol. The summed E-state index contributed by atoms with van der Waals surface area (Å²) in [5.74, 6) is -2.41. The average Bonchev–Trinajstić information content (AvgIpc) is 3.51. The molecule has 3 fully saturated rings. The van der Waals surface area contributed by atoms with E-state index in [9.17, 15) is 19.5 Å². The molecule has 0 aromatic heterocycles. The van der Waals surface area contributed by atoms with Gasteiger partial charge in [-0.3, -0.25) is 14.4 Å². The van der Waals surface area contributed by atoms with E-state index in [2.05, 4.69) is 13.2 Å². The number of allylic oxidation sites excluding steroid dienone is 1. The third-order valence-electron chi connectivity index (χ3n) is 9.10. The van der Waals surface area contributed by atoms with Gasteiger partial charge < -0.3 is 24.4 Å². The summed E-state index contributed by atoms with van der Waals surface area (Å²) in [6.45, 7) is 14.4. The minimum atomic E-state index is -1.11. The van der Waals surface area contributed by atoms with Gasteiger partial charge in [-0.25, -0.2) is 0 Å². The van der Waals surface area contributed by atoms with E-state index >= 15 is 0 Å². The number of ether oxygens (including phenoxy) is 2. The van der Waals surface area contributed by atoms with E-state index in [1.807, 2.05) is 45.0 Å². The molecular weight excluding hydrogens is 520 g/mol. The Morgan fingerprint density at radius 2 is 1.93 bits per heavy atom. The van der Waals surface area contributed by atoms with Crippen molar-refractivity contribution in [3.63, 3.8) is 0 Å². The van der Waals surface area contributed by atoms with Crippen LogP contribution in [0, 0.1) is 25.7 Å². The fourth-order valence-electron chi connectivity index (χ4n) is 7.12. The molecule has 8 heteroatoms. The van der Waals surface area contributed by atoms with Crippen LogP contribution in [0.15, 0.2) is 43.5 Å². The Morgan fingerprint density at radius 1 is 1.15 bits per heavy atom. The van der Waals surface area contributed by atoms with E-state index in [4.69, 9.17) is 9.47 Å². The van der Waals surface area contributed by atoms with Gasteiger partial charge in [0.2, 0.25) is 5.91 Å². The topological polar surface area (TPSA) is 96.4 Å². The van der Waals surface area contributed by atoms with Gasteiger partial charge in [0.05, 0.1) is 18.1 Å². The van der Waals surface area contributed by atoms with Crippen molar-refractivity contribution in [3.05, 3.63) is 54.6 Å². The molecule has 1 aromatic carbocycles. The maximum atomic E-state index is 14.7. The Kier molecular flexibility index (Phi) is 9.75. The number of likely N-dealkylation sites (tertiary alicyclic amines) is 1. The smallest absolute Gasteiger partial charge is 0.312 e. The lowest BCUT2D eigenvalue weighted by molar-refractivity contribution is -0.159. The van der Waals surface area contributed by atoms with Crippen LogP contribution >= 0.6 is 0 Å². The summed E-state index contributed by atoms with van der Waals surface area (Å²) < 4.78 is 12.5. The standard InChI is InChI=1S/C33H46N2O6/c1-6-8-9-13-21-40-31(39)27-26-29(37)35(19-11-10-12-20-36)28(33(26)17-16-32(27,5)41-33)30(38)34(18-7-2)25-22-23(3)14-15-24(25)4/h6-7,14-15,22,26-28,36H,1-2,8-13,16-21H2,3-5H3/t26-,27+,28?,32-,33?/m0/s1. The largest absolute Gasteiger partial charge is 0.465 e. The van der Waals surface area contributed by atoms with Crippen LogP contribution in [0.1, 0.15) is 69.4 Å². The first kappa shape index (κ1) is 31.0. The van der Waals surface area contributed by atoms with Gasteiger partial charge >= 0.3 is 5.97 Å². The molecule has 4 rings (SSSR count). The second-order valence-corrected chi connectivity index (χ2v) is 12.0. The van der Waals surface area contributed by atoms with Gasteiger partial charge in [0.25, 0.3) is 5.91 Å². The molecule has 5 atom stereocenters. The van der Waals surface area contributed by atoms with Crippen molar-refractivity contribution in [1.82, 2.24) is 4.90 Å². The van der Waals surface area contributed by atoms with E-state index in [1.165, 1.54) is 0 Å². The number of hydrogen-bond donors (Lipinski definition) is 1. The first-order valence-corrected chi connectivity index (χ1v) is 15.0. The average molecular weight is 567 g/mol. The molecule has 3 saturated heterocycles. The van der Waals surface area contributed by atoms with E-state index < -0.39 is 35.0 Å². The number of esters is 1. The van der Waals surface area contributed by atoms with Gasteiger partial charge in [-0.1, -0.05) is 24.3 Å². The lowest BCUT2D eigenvalue weighted by atomic mass is 9.66. The fourth-order valence-corrected chi connectivity index (χ4v) is 7.12. The number of amides is 2. The second-order valence-electron chi connectivity index (χ2n) is 12.0. The van der Waals surface area contributed by atoms with Crippen molar-refractivity contribution >= 4 is 23.5 Å². The van der Waals surface area contributed by atoms with Crippen LogP contribution in [-0.4, -0.2) is 71.3 Å². The highest BCUT2D eigenvalue weighted by atomic mass is 16.6. The summed E-state index contributed by atoms with van der Waals surface area (Å²) in [4.78, 5) is 45.8. The summed E-state index contributed by atoms with van der Waals surface area (Å²) in [6, 6.07) is 5.10. The minimum Gasteiger partial charge on any atom is -0.465 e. The van der Waals surface area contributed by atoms with Crippen LogP contribution < -0.4 is 4.90 Å². The van der Waals surface area contributed by atoms with Gasteiger partial charge in [-0.2, -0.15) is 0 Å². The van der Waals surface area contributed by atoms with Crippen molar-refractivity contribution < 1.29 is 29.0 Å². The molecule has 0 aliphatic carbocycles. The van der Waals surface area contributed by atoms with Crippen LogP contribution in [0.5, 0.6) is 0 Å². The number of carbonyl (C=O) groups excluding carboxylic acids is 3. The minimum absolute atomic E-state index is 0.0742. The van der Waals surface area contributed by atoms with Gasteiger partial charge in [-0.15, -0.1) is 13.2 Å². The molecule has 0 saturated carbocycles. The maximum absolute atomic E-state index is 14.7. The normalized spacial score (nSPS) is 28.0. The van der Waals surface area contributed by atoms with Crippen molar-refractivity contribution in [2.45, 2.75) is 89.4 Å². The molecule has 1 aromatic rings. The number of aliphatic hydroxyl groups excluding tert-OH is 1. The van der Waals surface area contributed by atoms with E-state index in [1.54, 1.807) is 15.9 Å². The van der Waals surface area contributed by atoms with Crippen LogP contribution in [0.4, 0.5) is 5.69 Å². The quantitative estimate of drug-likeness (QED) is 0.189. The Morgan fingerprint density at radius 3 is 2.63 bits per heavy atom. The van der Waals surface area contributed by atoms with Crippen LogP contribution in [0.25, 0.3) is 0 Å². The first-order chi connectivity index (χ1) is 19.6. The molecular formula is C33H46N2O6. The number of hydrogen-bond acceptors (Lipinski definition) is 6. The number of carbonyl (C=O) groups is 3. The van der Waals surface area contributed by atoms with Crippen LogP contribution in [0.2, 0.25) is 0 Å². The van der Waals surface area contributed by atoms with Gasteiger partial charge in [0.15, 0.2) is 0 Å². The number of anilines is 1. The Labute approximate surface area is 244 Å². The third-order valence-corrected chi connectivity index (χ3v) is 9.10.